The molecule has 9 heteroatoms. The molecule has 25 heavy (non-hydrogen) atoms. The molecular formula is C16H28ClN3O4S. The standard InChI is InChI=1S/C16H27N3O4S.ClH/c1-24(22,23)12-16(4-5-16)9-14(20)18-7-2-3-13(11-18)19-8-6-17-10-15(19)21;/h13,17H,2-12H2,1H3;1H. The molecule has 144 valence electrons. The summed E-state index contributed by atoms with van der Waals surface area (Å²) in [5.74, 6) is 0.263. The number of nitrogens with one attached hydrogen (secondary N) is 1. The second kappa shape index (κ2) is 7.80. The van der Waals surface area contributed by atoms with E-state index in [1.165, 1.54) is 6.26 Å². The smallest absolute Gasteiger partial charge is 0.236 e. The van der Waals surface area contributed by atoms with Crippen molar-refractivity contribution in [1.82, 2.24) is 15.1 Å². The second-order valence-electron chi connectivity index (χ2n) is 7.65. The summed E-state index contributed by atoms with van der Waals surface area (Å²) >= 11 is 0. The van der Waals surface area contributed by atoms with E-state index in [9.17, 15) is 18.0 Å². The molecular weight excluding hydrogens is 366 g/mol. The Morgan fingerprint density at radius 2 is 2.04 bits per heavy atom. The van der Waals surface area contributed by atoms with Crippen molar-refractivity contribution in [3.8, 4) is 0 Å². The van der Waals surface area contributed by atoms with Crippen molar-refractivity contribution in [1.29, 1.82) is 0 Å². The number of hydrogen-bond acceptors (Lipinski definition) is 5. The maximum atomic E-state index is 12.7. The van der Waals surface area contributed by atoms with Crippen LogP contribution in [0, 0.1) is 5.41 Å². The van der Waals surface area contributed by atoms with Gasteiger partial charge in [0.05, 0.1) is 12.3 Å². The van der Waals surface area contributed by atoms with Gasteiger partial charge in [-0.15, -0.1) is 12.4 Å². The van der Waals surface area contributed by atoms with E-state index >= 15 is 0 Å². The van der Waals surface area contributed by atoms with E-state index in [4.69, 9.17) is 0 Å². The van der Waals surface area contributed by atoms with E-state index in [1.54, 1.807) is 0 Å². The van der Waals surface area contributed by atoms with Gasteiger partial charge in [-0.25, -0.2) is 8.42 Å². The van der Waals surface area contributed by atoms with Crippen LogP contribution in [0.15, 0.2) is 0 Å². The van der Waals surface area contributed by atoms with Gasteiger partial charge in [-0.3, -0.25) is 9.59 Å². The molecule has 1 aliphatic carbocycles. The predicted octanol–water partition coefficient (Wildman–Crippen LogP) is 0.0459. The van der Waals surface area contributed by atoms with Crippen LogP contribution in [0.2, 0.25) is 0 Å². The average Bonchev–Trinajstić information content (AvgIpc) is 3.24. The zero-order chi connectivity index (χ0) is 17.4. The average molecular weight is 394 g/mol. The van der Waals surface area contributed by atoms with E-state index in [2.05, 4.69) is 5.32 Å². The van der Waals surface area contributed by atoms with Crippen molar-refractivity contribution in [2.75, 3.05) is 44.7 Å². The van der Waals surface area contributed by atoms with Gasteiger partial charge in [0.25, 0.3) is 0 Å². The second-order valence-corrected chi connectivity index (χ2v) is 9.79. The third kappa shape index (κ3) is 5.31. The highest BCUT2D eigenvalue weighted by molar-refractivity contribution is 7.90. The van der Waals surface area contributed by atoms with E-state index in [0.717, 1.165) is 32.2 Å². The minimum atomic E-state index is -3.06. The summed E-state index contributed by atoms with van der Waals surface area (Å²) < 4.78 is 23.1. The van der Waals surface area contributed by atoms with Gasteiger partial charge in [0, 0.05) is 44.9 Å². The highest BCUT2D eigenvalue weighted by atomic mass is 35.5. The third-order valence-electron chi connectivity index (χ3n) is 5.37. The van der Waals surface area contributed by atoms with Crippen LogP contribution in [0.1, 0.15) is 32.1 Å². The molecule has 2 heterocycles. The van der Waals surface area contributed by atoms with Gasteiger partial charge < -0.3 is 15.1 Å². The number of halogens is 1. The maximum Gasteiger partial charge on any atom is 0.236 e. The van der Waals surface area contributed by atoms with Crippen molar-refractivity contribution in [2.24, 2.45) is 5.41 Å². The number of sulfone groups is 1. The van der Waals surface area contributed by atoms with E-state index in [0.29, 0.717) is 32.6 Å². The van der Waals surface area contributed by atoms with Gasteiger partial charge in [-0.05, 0) is 31.1 Å². The van der Waals surface area contributed by atoms with Crippen LogP contribution in [-0.4, -0.2) is 80.8 Å². The molecule has 1 atom stereocenters. The lowest BCUT2D eigenvalue weighted by Crippen LogP contribution is -2.57. The summed E-state index contributed by atoms with van der Waals surface area (Å²) in [4.78, 5) is 28.5. The van der Waals surface area contributed by atoms with Crippen LogP contribution in [0.5, 0.6) is 0 Å². The molecule has 0 bridgehead atoms. The molecule has 0 radical (unpaired) electrons. The predicted molar refractivity (Wildman–Crippen MR) is 97.4 cm³/mol. The number of amides is 2. The van der Waals surface area contributed by atoms with Crippen LogP contribution in [0.25, 0.3) is 0 Å². The third-order valence-corrected chi connectivity index (χ3v) is 6.50. The summed E-state index contributed by atoms with van der Waals surface area (Å²) in [7, 11) is -3.06. The maximum absolute atomic E-state index is 12.7. The molecule has 0 spiro atoms. The highest BCUT2D eigenvalue weighted by Gasteiger charge is 2.47. The normalized spacial score (nSPS) is 26.1. The van der Waals surface area contributed by atoms with E-state index in [1.807, 2.05) is 9.80 Å². The topological polar surface area (TPSA) is 86.8 Å². The molecule has 2 aliphatic heterocycles. The van der Waals surface area contributed by atoms with Crippen molar-refractivity contribution >= 4 is 34.1 Å². The molecule has 7 nitrogen and oxygen atoms in total. The van der Waals surface area contributed by atoms with Crippen molar-refractivity contribution in [3.63, 3.8) is 0 Å². The Labute approximate surface area is 155 Å². The Hall–Kier alpha value is -0.860. The van der Waals surface area contributed by atoms with Gasteiger partial charge in [-0.2, -0.15) is 0 Å². The zero-order valence-corrected chi connectivity index (χ0v) is 16.3. The monoisotopic (exact) mass is 393 g/mol. The van der Waals surface area contributed by atoms with Gasteiger partial charge in [-0.1, -0.05) is 0 Å². The molecule has 2 amide bonds. The molecule has 3 fully saturated rings. The first kappa shape index (κ1) is 20.5. The van der Waals surface area contributed by atoms with Crippen LogP contribution in [0.3, 0.4) is 0 Å². The largest absolute Gasteiger partial charge is 0.341 e. The SMILES string of the molecule is CS(=O)(=O)CC1(CC(=O)N2CCCC(N3CCNCC3=O)C2)CC1.Cl. The number of carbonyl (C=O) groups is 2. The molecule has 1 unspecified atom stereocenters. The Morgan fingerprint density at radius 1 is 1.32 bits per heavy atom. The number of nitrogens with zero attached hydrogens (tertiary/aromatic N) is 2. The lowest BCUT2D eigenvalue weighted by molar-refractivity contribution is -0.141. The molecule has 2 saturated heterocycles. The number of hydrogen-bond donors (Lipinski definition) is 1. The van der Waals surface area contributed by atoms with Crippen LogP contribution in [-0.2, 0) is 19.4 Å². The minimum absolute atomic E-state index is 0. The van der Waals surface area contributed by atoms with Crippen LogP contribution >= 0.6 is 12.4 Å². The zero-order valence-electron chi connectivity index (χ0n) is 14.7. The van der Waals surface area contributed by atoms with Crippen LogP contribution in [0.4, 0.5) is 0 Å². The molecule has 1 saturated carbocycles. The fourth-order valence-electron chi connectivity index (χ4n) is 3.98. The first-order valence-electron chi connectivity index (χ1n) is 8.74. The fraction of sp³-hybridized carbons (Fsp3) is 0.875. The quantitative estimate of drug-likeness (QED) is 0.713. The first-order valence-corrected chi connectivity index (χ1v) is 10.8. The first-order chi connectivity index (χ1) is 11.3. The number of piperazine rings is 1. The van der Waals surface area contributed by atoms with Crippen molar-refractivity contribution < 1.29 is 18.0 Å². The number of piperidine rings is 1. The van der Waals surface area contributed by atoms with E-state index < -0.39 is 9.84 Å². The molecule has 3 rings (SSSR count). The Kier molecular flexibility index (Phi) is 6.38. The van der Waals surface area contributed by atoms with Gasteiger partial charge in [0.15, 0.2) is 0 Å². The summed E-state index contributed by atoms with van der Waals surface area (Å²) in [5, 5.41) is 3.07. The fourth-order valence-corrected chi connectivity index (χ4v) is 5.48. The lowest BCUT2D eigenvalue weighted by atomic mass is 10.00. The van der Waals surface area contributed by atoms with Crippen molar-refractivity contribution in [3.05, 3.63) is 0 Å². The Morgan fingerprint density at radius 3 is 2.64 bits per heavy atom. The van der Waals surface area contributed by atoms with Gasteiger partial charge >= 0.3 is 0 Å². The van der Waals surface area contributed by atoms with Crippen LogP contribution < -0.4 is 5.32 Å². The summed E-state index contributed by atoms with van der Waals surface area (Å²) in [6, 6.07) is 0.0994. The summed E-state index contributed by atoms with van der Waals surface area (Å²) in [6.07, 6.45) is 5.03. The lowest BCUT2D eigenvalue weighted by Gasteiger charge is -2.41. The van der Waals surface area contributed by atoms with E-state index in [-0.39, 0.29) is 41.4 Å². The highest BCUT2D eigenvalue weighted by Crippen LogP contribution is 2.50. The summed E-state index contributed by atoms with van der Waals surface area (Å²) in [5.41, 5.74) is -0.331. The Bertz CT molecular complexity index is 621. The molecule has 0 aromatic rings. The van der Waals surface area contributed by atoms with Gasteiger partial charge in [0.1, 0.15) is 9.84 Å². The molecule has 3 aliphatic rings. The molecule has 0 aromatic heterocycles. The summed E-state index contributed by atoms with van der Waals surface area (Å²) in [6.45, 7) is 3.17. The molecule has 0 aromatic carbocycles. The number of carbonyl (C=O) groups excluding carboxylic acids is 2. The molecule has 1 N–H and O–H groups in total. The Balaban J connectivity index is 0.00000225. The number of likely N-dealkylation sites (tertiary alicyclic amines) is 1. The number of rotatable bonds is 5. The van der Waals surface area contributed by atoms with Crippen molar-refractivity contribution in [2.45, 2.75) is 38.1 Å². The minimum Gasteiger partial charge on any atom is -0.341 e. The van der Waals surface area contributed by atoms with Gasteiger partial charge in [0.2, 0.25) is 11.8 Å².